The van der Waals surface area contributed by atoms with E-state index in [4.69, 9.17) is 0 Å². The normalized spacial score (nSPS) is 11.7. The van der Waals surface area contributed by atoms with Crippen LogP contribution in [0.2, 0.25) is 0 Å². The van der Waals surface area contributed by atoms with Crippen LogP contribution in [0.3, 0.4) is 0 Å². The monoisotopic (exact) mass is 402 g/mol. The average molecular weight is 402 g/mol. The third-order valence-corrected chi connectivity index (χ3v) is 4.44. The summed E-state index contributed by atoms with van der Waals surface area (Å²) < 4.78 is 38.2. The van der Waals surface area contributed by atoms with Crippen LogP contribution in [-0.2, 0) is 12.7 Å². The van der Waals surface area contributed by atoms with E-state index in [1.165, 1.54) is 21.9 Å². The molecule has 8 heteroatoms. The summed E-state index contributed by atoms with van der Waals surface area (Å²) >= 11 is 0. The van der Waals surface area contributed by atoms with Gasteiger partial charge in [0, 0.05) is 31.2 Å². The molecule has 2 aromatic carbocycles. The predicted octanol–water partition coefficient (Wildman–Crippen LogP) is 5.12. The van der Waals surface area contributed by atoms with Crippen molar-refractivity contribution in [2.75, 3.05) is 11.9 Å². The topological polar surface area (TPSA) is 49.3 Å². The molecule has 29 heavy (non-hydrogen) atoms. The number of halogens is 3. The van der Waals surface area contributed by atoms with Crippen LogP contribution < -0.4 is 4.90 Å². The summed E-state index contributed by atoms with van der Waals surface area (Å²) in [5, 5.41) is 0.866. The van der Waals surface area contributed by atoms with Crippen LogP contribution in [0.15, 0.2) is 54.7 Å². The second-order valence-electron chi connectivity index (χ2n) is 7.03. The van der Waals surface area contributed by atoms with Gasteiger partial charge in [-0.2, -0.15) is 13.2 Å². The molecule has 0 aliphatic heterocycles. The van der Waals surface area contributed by atoms with Gasteiger partial charge in [0.2, 0.25) is 5.95 Å². The molecule has 0 N–H and O–H groups in total. The minimum Gasteiger partial charge on any atom is -0.323 e. The fraction of sp³-hybridized carbons (Fsp3) is 0.286. The van der Waals surface area contributed by atoms with Gasteiger partial charge >= 0.3 is 12.2 Å². The molecule has 0 bridgehead atoms. The van der Waals surface area contributed by atoms with Crippen LogP contribution in [-0.4, -0.2) is 34.0 Å². The van der Waals surface area contributed by atoms with Crippen molar-refractivity contribution in [1.29, 1.82) is 0 Å². The lowest BCUT2D eigenvalue weighted by molar-refractivity contribution is -0.137. The highest BCUT2D eigenvalue weighted by Gasteiger charge is 2.30. The maximum absolute atomic E-state index is 13.0. The van der Waals surface area contributed by atoms with Gasteiger partial charge in [-0.3, -0.25) is 4.90 Å². The summed E-state index contributed by atoms with van der Waals surface area (Å²) in [6.07, 6.45) is -2.72. The van der Waals surface area contributed by atoms with Gasteiger partial charge in [0.05, 0.1) is 11.1 Å². The van der Waals surface area contributed by atoms with Gasteiger partial charge in [0.15, 0.2) is 0 Å². The zero-order valence-corrected chi connectivity index (χ0v) is 16.3. The Balaban J connectivity index is 1.81. The number of para-hydroxylation sites is 1. The van der Waals surface area contributed by atoms with E-state index < -0.39 is 11.7 Å². The number of carbonyl (C=O) groups excluding carboxylic acids is 1. The van der Waals surface area contributed by atoms with Gasteiger partial charge in [0.25, 0.3) is 0 Å². The molecular formula is C21H21F3N4O. The third-order valence-electron chi connectivity index (χ3n) is 4.44. The Kier molecular flexibility index (Phi) is 5.72. The summed E-state index contributed by atoms with van der Waals surface area (Å²) in [5.74, 6) is 0.281. The Morgan fingerprint density at radius 2 is 1.72 bits per heavy atom. The van der Waals surface area contributed by atoms with Crippen LogP contribution in [0, 0.1) is 0 Å². The molecule has 1 aromatic heterocycles. The van der Waals surface area contributed by atoms with Gasteiger partial charge in [-0.15, -0.1) is 0 Å². The van der Waals surface area contributed by atoms with E-state index in [-0.39, 0.29) is 24.6 Å². The van der Waals surface area contributed by atoms with E-state index in [0.717, 1.165) is 23.0 Å². The number of nitrogens with zero attached hydrogens (tertiary/aromatic N) is 4. The molecule has 3 rings (SSSR count). The number of urea groups is 1. The molecule has 0 spiro atoms. The fourth-order valence-corrected chi connectivity index (χ4v) is 2.94. The molecule has 2 amide bonds. The first-order chi connectivity index (χ1) is 13.7. The molecule has 0 saturated carbocycles. The number of aromatic nitrogens is 2. The van der Waals surface area contributed by atoms with Crippen molar-refractivity contribution < 1.29 is 18.0 Å². The second-order valence-corrected chi connectivity index (χ2v) is 7.03. The molecule has 0 aliphatic carbocycles. The Bertz CT molecular complexity index is 1000. The number of hydrogen-bond donors (Lipinski definition) is 0. The number of benzene rings is 2. The highest BCUT2D eigenvalue weighted by Crippen LogP contribution is 2.29. The van der Waals surface area contributed by atoms with Crippen LogP contribution >= 0.6 is 0 Å². The van der Waals surface area contributed by atoms with Crippen molar-refractivity contribution in [3.63, 3.8) is 0 Å². The maximum Gasteiger partial charge on any atom is 0.416 e. The minimum atomic E-state index is -4.39. The Hall–Kier alpha value is -3.16. The highest BCUT2D eigenvalue weighted by molar-refractivity contribution is 5.91. The summed E-state index contributed by atoms with van der Waals surface area (Å²) in [4.78, 5) is 24.8. The zero-order valence-electron chi connectivity index (χ0n) is 16.3. The first-order valence-electron chi connectivity index (χ1n) is 9.09. The lowest BCUT2D eigenvalue weighted by Crippen LogP contribution is -2.45. The molecular weight excluding hydrogens is 381 g/mol. The van der Waals surface area contributed by atoms with Gasteiger partial charge in [-0.25, -0.2) is 14.8 Å². The Labute approximate surface area is 166 Å². The largest absolute Gasteiger partial charge is 0.416 e. The van der Waals surface area contributed by atoms with Crippen LogP contribution in [0.1, 0.15) is 25.0 Å². The summed E-state index contributed by atoms with van der Waals surface area (Å²) in [6, 6.07) is 11.7. The van der Waals surface area contributed by atoms with Crippen molar-refractivity contribution in [2.45, 2.75) is 32.6 Å². The molecule has 0 aliphatic rings. The Morgan fingerprint density at radius 3 is 2.34 bits per heavy atom. The SMILES string of the molecule is CC(C)N(C(=O)N(C)Cc1ccc(C(F)(F)F)cc1)c1ncc2ccccc2n1. The number of alkyl halides is 3. The van der Waals surface area contributed by atoms with E-state index in [9.17, 15) is 18.0 Å². The molecule has 0 fully saturated rings. The summed E-state index contributed by atoms with van der Waals surface area (Å²) in [6.45, 7) is 3.86. The van der Waals surface area contributed by atoms with Gasteiger partial charge < -0.3 is 4.90 Å². The van der Waals surface area contributed by atoms with Crippen molar-refractivity contribution in [1.82, 2.24) is 14.9 Å². The first-order valence-corrected chi connectivity index (χ1v) is 9.09. The molecule has 0 atom stereocenters. The van der Waals surface area contributed by atoms with Gasteiger partial charge in [-0.05, 0) is 37.6 Å². The molecule has 5 nitrogen and oxygen atoms in total. The molecule has 0 saturated heterocycles. The molecule has 3 aromatic rings. The summed E-state index contributed by atoms with van der Waals surface area (Å²) in [5.41, 5.74) is 0.599. The molecule has 152 valence electrons. The highest BCUT2D eigenvalue weighted by atomic mass is 19.4. The number of amides is 2. The van der Waals surface area contributed by atoms with E-state index in [0.29, 0.717) is 5.56 Å². The molecule has 0 radical (unpaired) electrons. The lowest BCUT2D eigenvalue weighted by Gasteiger charge is -2.29. The van der Waals surface area contributed by atoms with Crippen molar-refractivity contribution in [2.24, 2.45) is 0 Å². The standard InChI is InChI=1S/C21H21F3N4O/c1-14(2)28(19-25-12-16-6-4-5-7-18(16)26-19)20(29)27(3)13-15-8-10-17(11-9-15)21(22,23)24/h4-12,14H,13H2,1-3H3. The van der Waals surface area contributed by atoms with Gasteiger partial charge in [-0.1, -0.05) is 30.3 Å². The number of hydrogen-bond acceptors (Lipinski definition) is 3. The quantitative estimate of drug-likeness (QED) is 0.609. The fourth-order valence-electron chi connectivity index (χ4n) is 2.94. The molecule has 0 unspecified atom stereocenters. The zero-order chi connectivity index (χ0) is 21.2. The average Bonchev–Trinajstić information content (AvgIpc) is 2.67. The van der Waals surface area contributed by atoms with E-state index in [2.05, 4.69) is 9.97 Å². The van der Waals surface area contributed by atoms with Crippen molar-refractivity contribution >= 4 is 22.9 Å². The lowest BCUT2D eigenvalue weighted by atomic mass is 10.1. The smallest absolute Gasteiger partial charge is 0.323 e. The Morgan fingerprint density at radius 1 is 1.07 bits per heavy atom. The van der Waals surface area contributed by atoms with E-state index in [1.807, 2.05) is 38.1 Å². The number of anilines is 1. The van der Waals surface area contributed by atoms with Crippen molar-refractivity contribution in [3.05, 3.63) is 65.9 Å². The van der Waals surface area contributed by atoms with Crippen LogP contribution in [0.5, 0.6) is 0 Å². The van der Waals surface area contributed by atoms with Crippen LogP contribution in [0.25, 0.3) is 10.9 Å². The van der Waals surface area contributed by atoms with Crippen molar-refractivity contribution in [3.8, 4) is 0 Å². The van der Waals surface area contributed by atoms with E-state index in [1.54, 1.807) is 13.2 Å². The molecule has 1 heterocycles. The number of fused-ring (bicyclic) bond motifs is 1. The van der Waals surface area contributed by atoms with Gasteiger partial charge in [0.1, 0.15) is 0 Å². The van der Waals surface area contributed by atoms with E-state index >= 15 is 0 Å². The number of carbonyl (C=O) groups is 1. The minimum absolute atomic E-state index is 0.160. The number of rotatable bonds is 4. The predicted molar refractivity (Wildman–Crippen MR) is 105 cm³/mol. The maximum atomic E-state index is 13.0. The first kappa shape index (κ1) is 20.6. The third kappa shape index (κ3) is 4.64. The van der Waals surface area contributed by atoms with Crippen LogP contribution in [0.4, 0.5) is 23.9 Å². The summed E-state index contributed by atoms with van der Waals surface area (Å²) in [7, 11) is 1.59. The second kappa shape index (κ2) is 8.06.